The van der Waals surface area contributed by atoms with Crippen LogP contribution in [0.5, 0.6) is 0 Å². The van der Waals surface area contributed by atoms with E-state index in [0.29, 0.717) is 0 Å². The summed E-state index contributed by atoms with van der Waals surface area (Å²) in [7, 11) is 0. The van der Waals surface area contributed by atoms with Gasteiger partial charge in [-0.25, -0.2) is 0 Å². The molecule has 0 spiro atoms. The Bertz CT molecular complexity index is 2000. The van der Waals surface area contributed by atoms with Crippen molar-refractivity contribution in [1.82, 2.24) is 0 Å². The number of hydrogen-bond donors (Lipinski definition) is 1. The fraction of sp³-hybridized carbons (Fsp3) is 0.0244. The third-order valence-corrected chi connectivity index (χ3v) is 8.75. The van der Waals surface area contributed by atoms with Gasteiger partial charge in [0.2, 0.25) is 0 Å². The minimum Gasteiger partial charge on any atom is -0.355 e. The molecule has 0 aromatic heterocycles. The predicted molar refractivity (Wildman–Crippen MR) is 176 cm³/mol. The lowest BCUT2D eigenvalue weighted by atomic mass is 9.67. The van der Waals surface area contributed by atoms with Crippen molar-refractivity contribution >= 4 is 22.1 Å². The molecule has 0 atom stereocenters. The number of fused-ring (bicyclic) bond motifs is 4. The summed E-state index contributed by atoms with van der Waals surface area (Å²) in [5, 5.41) is 6.27. The zero-order chi connectivity index (χ0) is 27.9. The van der Waals surface area contributed by atoms with E-state index in [1.165, 1.54) is 55.3 Å². The molecule has 0 fully saturated rings. The molecule has 1 aliphatic carbocycles. The number of hydrogen-bond acceptors (Lipinski definition) is 1. The van der Waals surface area contributed by atoms with Crippen LogP contribution in [0.1, 0.15) is 22.3 Å². The zero-order valence-corrected chi connectivity index (χ0v) is 23.2. The first kappa shape index (κ1) is 24.4. The van der Waals surface area contributed by atoms with Crippen molar-refractivity contribution in [1.29, 1.82) is 0 Å². The van der Waals surface area contributed by atoms with Gasteiger partial charge >= 0.3 is 0 Å². The zero-order valence-electron chi connectivity index (χ0n) is 23.2. The van der Waals surface area contributed by atoms with Crippen LogP contribution in [0, 0.1) is 0 Å². The van der Waals surface area contributed by atoms with Crippen LogP contribution in [0.15, 0.2) is 170 Å². The molecule has 1 heteroatoms. The van der Waals surface area contributed by atoms with Gasteiger partial charge in [-0.3, -0.25) is 0 Å². The average Bonchev–Trinajstić information content (AvgIpc) is 3.36. The molecule has 1 N–H and O–H groups in total. The van der Waals surface area contributed by atoms with Crippen LogP contribution in [0.2, 0.25) is 0 Å². The summed E-state index contributed by atoms with van der Waals surface area (Å²) in [6.07, 6.45) is 0. The molecular formula is C41H29N. The highest BCUT2D eigenvalue weighted by Crippen LogP contribution is 2.56. The van der Waals surface area contributed by atoms with Crippen LogP contribution in [-0.4, -0.2) is 0 Å². The first-order valence-corrected chi connectivity index (χ1v) is 14.5. The highest BCUT2D eigenvalue weighted by atomic mass is 14.9. The van der Waals surface area contributed by atoms with Crippen LogP contribution < -0.4 is 5.32 Å². The van der Waals surface area contributed by atoms with Crippen LogP contribution in [-0.2, 0) is 5.41 Å². The van der Waals surface area contributed by atoms with Crippen LogP contribution in [0.3, 0.4) is 0 Å². The lowest BCUT2D eigenvalue weighted by Gasteiger charge is -2.34. The molecule has 0 aliphatic heterocycles. The average molecular weight is 536 g/mol. The molecule has 198 valence electrons. The summed E-state index contributed by atoms with van der Waals surface area (Å²) in [6, 6.07) is 61.5. The van der Waals surface area contributed by atoms with E-state index in [9.17, 15) is 0 Å². The fourth-order valence-electron chi connectivity index (χ4n) is 6.96. The van der Waals surface area contributed by atoms with Gasteiger partial charge in [-0.2, -0.15) is 0 Å². The van der Waals surface area contributed by atoms with Crippen molar-refractivity contribution < 1.29 is 0 Å². The molecule has 0 saturated carbocycles. The van der Waals surface area contributed by atoms with E-state index in [2.05, 4.69) is 175 Å². The van der Waals surface area contributed by atoms with Gasteiger partial charge in [0.05, 0.1) is 5.41 Å². The third kappa shape index (κ3) is 3.71. The van der Waals surface area contributed by atoms with Gasteiger partial charge in [-0.1, -0.05) is 152 Å². The molecule has 0 heterocycles. The minimum atomic E-state index is -0.411. The van der Waals surface area contributed by atoms with E-state index in [1.807, 2.05) is 0 Å². The quantitative estimate of drug-likeness (QED) is 0.231. The lowest BCUT2D eigenvalue weighted by Crippen LogP contribution is -2.28. The summed E-state index contributed by atoms with van der Waals surface area (Å²) in [6.45, 7) is 0. The molecule has 0 saturated heterocycles. The Morgan fingerprint density at radius 2 is 0.929 bits per heavy atom. The van der Waals surface area contributed by atoms with Gasteiger partial charge in [0.15, 0.2) is 0 Å². The molecule has 42 heavy (non-hydrogen) atoms. The Hall–Kier alpha value is -5.40. The fourth-order valence-corrected chi connectivity index (χ4v) is 6.96. The molecule has 7 aromatic rings. The number of benzene rings is 7. The van der Waals surface area contributed by atoms with Gasteiger partial charge in [0.1, 0.15) is 0 Å². The summed E-state index contributed by atoms with van der Waals surface area (Å²) in [5.74, 6) is 0. The van der Waals surface area contributed by atoms with E-state index in [4.69, 9.17) is 0 Å². The normalized spacial score (nSPS) is 13.0. The number of anilines is 2. The minimum absolute atomic E-state index is 0.411. The van der Waals surface area contributed by atoms with Crippen molar-refractivity contribution in [3.8, 4) is 22.3 Å². The Labute approximate surface area is 246 Å². The first-order valence-electron chi connectivity index (χ1n) is 14.5. The van der Waals surface area contributed by atoms with Gasteiger partial charge in [-0.15, -0.1) is 0 Å². The molecular weight excluding hydrogens is 506 g/mol. The van der Waals surface area contributed by atoms with Gasteiger partial charge < -0.3 is 5.32 Å². The van der Waals surface area contributed by atoms with E-state index in [-0.39, 0.29) is 0 Å². The van der Waals surface area contributed by atoms with Gasteiger partial charge in [0, 0.05) is 16.8 Å². The Kier molecular flexibility index (Phi) is 5.75. The second-order valence-corrected chi connectivity index (χ2v) is 11.0. The molecule has 0 bridgehead atoms. The van der Waals surface area contributed by atoms with Crippen molar-refractivity contribution in [2.45, 2.75) is 5.41 Å². The van der Waals surface area contributed by atoms with Crippen molar-refractivity contribution in [2.75, 3.05) is 5.32 Å². The summed E-state index contributed by atoms with van der Waals surface area (Å²) in [4.78, 5) is 0. The maximum atomic E-state index is 3.82. The molecule has 7 aromatic carbocycles. The second-order valence-electron chi connectivity index (χ2n) is 11.0. The second kappa shape index (κ2) is 9.90. The lowest BCUT2D eigenvalue weighted by molar-refractivity contribution is 0.769. The summed E-state index contributed by atoms with van der Waals surface area (Å²) < 4.78 is 0. The van der Waals surface area contributed by atoms with Crippen molar-refractivity contribution in [2.24, 2.45) is 0 Å². The summed E-state index contributed by atoms with van der Waals surface area (Å²) >= 11 is 0. The van der Waals surface area contributed by atoms with Crippen LogP contribution in [0.4, 0.5) is 11.4 Å². The van der Waals surface area contributed by atoms with Gasteiger partial charge in [-0.05, 0) is 68.1 Å². The number of rotatable bonds is 5. The van der Waals surface area contributed by atoms with E-state index in [0.717, 1.165) is 11.4 Å². The SMILES string of the molecule is c1ccc(-c2ccc(Nc3ccc4c(c3)C(c3ccccc3)(c3ccccc3)c3ccccc3-4)c3ccccc23)cc1. The highest BCUT2D eigenvalue weighted by molar-refractivity contribution is 6.04. The molecule has 0 unspecified atom stereocenters. The van der Waals surface area contributed by atoms with E-state index < -0.39 is 5.41 Å². The third-order valence-electron chi connectivity index (χ3n) is 8.75. The van der Waals surface area contributed by atoms with E-state index in [1.54, 1.807) is 0 Å². The predicted octanol–water partition coefficient (Wildman–Crippen LogP) is 10.6. The Balaban J connectivity index is 1.32. The molecule has 1 aliphatic rings. The van der Waals surface area contributed by atoms with Gasteiger partial charge in [0.25, 0.3) is 0 Å². The number of nitrogens with one attached hydrogen (secondary N) is 1. The highest BCUT2D eigenvalue weighted by Gasteiger charge is 2.46. The Morgan fingerprint density at radius 1 is 0.381 bits per heavy atom. The molecule has 0 amide bonds. The van der Waals surface area contributed by atoms with Crippen LogP contribution in [0.25, 0.3) is 33.0 Å². The smallest absolute Gasteiger partial charge is 0.0714 e. The maximum Gasteiger partial charge on any atom is 0.0714 e. The van der Waals surface area contributed by atoms with E-state index >= 15 is 0 Å². The van der Waals surface area contributed by atoms with Crippen LogP contribution >= 0.6 is 0 Å². The largest absolute Gasteiger partial charge is 0.355 e. The monoisotopic (exact) mass is 535 g/mol. The van der Waals surface area contributed by atoms with Crippen molar-refractivity contribution in [3.63, 3.8) is 0 Å². The first-order chi connectivity index (χ1) is 20.8. The topological polar surface area (TPSA) is 12.0 Å². The Morgan fingerprint density at radius 3 is 1.64 bits per heavy atom. The molecule has 8 rings (SSSR count). The van der Waals surface area contributed by atoms with Crippen molar-refractivity contribution in [3.05, 3.63) is 192 Å². The maximum absolute atomic E-state index is 3.82. The molecule has 0 radical (unpaired) electrons. The summed E-state index contributed by atoms with van der Waals surface area (Å²) in [5.41, 5.74) is 12.0. The molecule has 1 nitrogen and oxygen atoms in total. The standard InChI is InChI=1S/C41H29N/c1-4-14-29(15-5-1)33-26-27-40(37-22-11-10-20-34(33)37)42-32-24-25-36-35-21-12-13-23-38(35)41(39(36)28-32,30-16-6-2-7-17-30)31-18-8-3-9-19-31/h1-28,42H.